The Morgan fingerprint density at radius 1 is 1.46 bits per heavy atom. The molecule has 148 valence electrons. The van der Waals surface area contributed by atoms with Crippen LogP contribution in [0.15, 0.2) is 15.8 Å². The molecule has 1 aliphatic heterocycles. The van der Waals surface area contributed by atoms with Gasteiger partial charge >= 0.3 is 21.3 Å². The highest BCUT2D eigenvalue weighted by atomic mass is 31.3. The predicted molar refractivity (Wildman–Crippen MR) is 74.8 cm³/mol. The zero-order valence-electron chi connectivity index (χ0n) is 13.3. The normalized spacial score (nSPS) is 32.2. The first-order valence-electron chi connectivity index (χ1n) is 6.90. The first kappa shape index (κ1) is 19.5. The van der Waals surface area contributed by atoms with Gasteiger partial charge in [-0.3, -0.25) is 18.9 Å². The topological polar surface area (TPSA) is 198 Å². The standard InChI is InChI=1S/C9H12F2N2O11P2/c10-4-2-13(8(16)12-6(4)15)7-5(14)1-9(11,23-7)3-22-26(20,21)24-25(17,18)19/h2,5,7,14H,1,3H2,(H,20,21)(H,12,15,16)(H2,17,18,19)/t5-,7-,9+/m1/s1/i7D. The second-order valence-electron chi connectivity index (χ2n) is 4.96. The molecule has 26 heavy (non-hydrogen) atoms. The average molecular weight is 425 g/mol. The van der Waals surface area contributed by atoms with Gasteiger partial charge in [-0.15, -0.1) is 0 Å². The fraction of sp³-hybridized carbons (Fsp3) is 0.556. The van der Waals surface area contributed by atoms with Gasteiger partial charge in [-0.2, -0.15) is 8.70 Å². The fourth-order valence-corrected chi connectivity index (χ4v) is 3.54. The van der Waals surface area contributed by atoms with Crippen LogP contribution in [0.1, 0.15) is 14.0 Å². The molecule has 1 aromatic rings. The van der Waals surface area contributed by atoms with E-state index in [0.29, 0.717) is 0 Å². The maximum absolute atomic E-state index is 14.6. The van der Waals surface area contributed by atoms with Crippen LogP contribution in [0, 0.1) is 5.82 Å². The lowest BCUT2D eigenvalue weighted by molar-refractivity contribution is -0.178. The van der Waals surface area contributed by atoms with Crippen LogP contribution in [0.25, 0.3) is 0 Å². The number of ether oxygens (including phenoxy) is 1. The van der Waals surface area contributed by atoms with Gasteiger partial charge in [0, 0.05) is 6.42 Å². The zero-order chi connectivity index (χ0) is 20.8. The summed E-state index contributed by atoms with van der Waals surface area (Å²) in [6.07, 6.45) is -6.13. The molecule has 0 amide bonds. The monoisotopic (exact) mass is 425 g/mol. The van der Waals surface area contributed by atoms with E-state index >= 15 is 0 Å². The number of aromatic nitrogens is 2. The Morgan fingerprint density at radius 3 is 2.65 bits per heavy atom. The average Bonchev–Trinajstić information content (AvgIpc) is 2.70. The lowest BCUT2D eigenvalue weighted by atomic mass is 10.2. The third kappa shape index (κ3) is 5.13. The Morgan fingerprint density at radius 2 is 2.08 bits per heavy atom. The Balaban J connectivity index is 2.25. The SMILES string of the molecule is [2H][C@@]1(n2cc(F)c(=O)[nH]c2=O)O[C@](F)(COP(=O)(O)OP(=O)(O)O)C[C@H]1O. The highest BCUT2D eigenvalue weighted by molar-refractivity contribution is 7.60. The Bertz CT molecular complexity index is 949. The number of H-pyrrole nitrogens is 1. The van der Waals surface area contributed by atoms with E-state index in [2.05, 4.69) is 13.6 Å². The number of phosphoric ester groups is 1. The first-order valence-corrected chi connectivity index (χ1v) is 9.43. The number of aliphatic hydroxyl groups excluding tert-OH is 1. The van der Waals surface area contributed by atoms with Gasteiger partial charge in [0.25, 0.3) is 5.56 Å². The van der Waals surface area contributed by atoms with Gasteiger partial charge in [0.2, 0.25) is 11.7 Å². The molecule has 0 spiro atoms. The maximum Gasteiger partial charge on any atom is 0.481 e. The van der Waals surface area contributed by atoms with Crippen LogP contribution in [0.2, 0.25) is 0 Å². The van der Waals surface area contributed by atoms with Crippen molar-refractivity contribution in [3.8, 4) is 0 Å². The van der Waals surface area contributed by atoms with Crippen molar-refractivity contribution < 1.29 is 52.6 Å². The third-order valence-corrected chi connectivity index (χ3v) is 4.99. The van der Waals surface area contributed by atoms with Crippen LogP contribution in [0.3, 0.4) is 0 Å². The molecule has 0 bridgehead atoms. The number of hydrogen-bond acceptors (Lipinski definition) is 8. The molecule has 17 heteroatoms. The van der Waals surface area contributed by atoms with Crippen LogP contribution in [0.5, 0.6) is 0 Å². The number of alkyl halides is 1. The first-order chi connectivity index (χ1) is 12.1. The number of halogens is 2. The van der Waals surface area contributed by atoms with Crippen LogP contribution in [0.4, 0.5) is 8.78 Å². The largest absolute Gasteiger partial charge is 0.481 e. The van der Waals surface area contributed by atoms with Crippen molar-refractivity contribution in [2.45, 2.75) is 24.6 Å². The van der Waals surface area contributed by atoms with Crippen molar-refractivity contribution in [2.75, 3.05) is 6.61 Å². The molecule has 0 radical (unpaired) electrons. The zero-order valence-corrected chi connectivity index (χ0v) is 14.1. The van der Waals surface area contributed by atoms with E-state index in [1.54, 1.807) is 0 Å². The summed E-state index contributed by atoms with van der Waals surface area (Å²) < 4.78 is 69.7. The number of rotatable bonds is 6. The summed E-state index contributed by atoms with van der Waals surface area (Å²) >= 11 is 0. The minimum Gasteiger partial charge on any atom is -0.388 e. The quantitative estimate of drug-likeness (QED) is 0.345. The second-order valence-corrected chi connectivity index (χ2v) is 7.79. The van der Waals surface area contributed by atoms with Gasteiger partial charge in [-0.25, -0.2) is 18.3 Å². The number of nitrogens with zero attached hydrogens (tertiary/aromatic N) is 1. The van der Waals surface area contributed by atoms with E-state index in [0.717, 1.165) is 0 Å². The van der Waals surface area contributed by atoms with Gasteiger partial charge in [-0.1, -0.05) is 0 Å². The smallest absolute Gasteiger partial charge is 0.388 e. The second kappa shape index (κ2) is 7.03. The van der Waals surface area contributed by atoms with Gasteiger partial charge in [0.1, 0.15) is 12.7 Å². The summed E-state index contributed by atoms with van der Waals surface area (Å²) in [7, 11) is -11.0. The van der Waals surface area contributed by atoms with Crippen LogP contribution in [-0.4, -0.2) is 47.9 Å². The van der Waals surface area contributed by atoms with E-state index in [9.17, 15) is 32.6 Å². The number of nitrogens with one attached hydrogen (secondary N) is 1. The molecule has 5 N–H and O–H groups in total. The van der Waals surface area contributed by atoms with Crippen molar-refractivity contribution in [3.63, 3.8) is 0 Å². The summed E-state index contributed by atoms with van der Waals surface area (Å²) in [4.78, 5) is 50.1. The molecule has 0 aromatic carbocycles. The molecule has 2 rings (SSSR count). The summed E-state index contributed by atoms with van der Waals surface area (Å²) in [5.41, 5.74) is -2.88. The maximum atomic E-state index is 14.6. The van der Waals surface area contributed by atoms with E-state index < -0.39 is 63.9 Å². The molecule has 4 atom stereocenters. The number of aliphatic hydroxyl groups is 1. The molecule has 0 saturated carbocycles. The molecule has 1 aromatic heterocycles. The Kier molecular flexibility index (Phi) is 5.27. The molecule has 13 nitrogen and oxygen atoms in total. The number of phosphoric acid groups is 2. The van der Waals surface area contributed by atoms with E-state index in [-0.39, 0.29) is 10.8 Å². The molecule has 2 heterocycles. The molecule has 1 aliphatic rings. The number of hydrogen-bond donors (Lipinski definition) is 5. The molecule has 1 unspecified atom stereocenters. The molecule has 0 aliphatic carbocycles. The Labute approximate surface area is 143 Å². The highest BCUT2D eigenvalue weighted by Gasteiger charge is 2.50. The Hall–Kier alpha value is -1.28. The van der Waals surface area contributed by atoms with E-state index in [1.165, 1.54) is 4.98 Å². The van der Waals surface area contributed by atoms with Gasteiger partial charge in [-0.05, 0) is 0 Å². The summed E-state index contributed by atoms with van der Waals surface area (Å²) in [5, 5.41) is 9.87. The van der Waals surface area contributed by atoms with Gasteiger partial charge in [0.05, 0.1) is 7.57 Å². The van der Waals surface area contributed by atoms with E-state index in [1.807, 2.05) is 0 Å². The number of aromatic amines is 1. The van der Waals surface area contributed by atoms with Crippen LogP contribution in [-0.2, 0) is 22.7 Å². The van der Waals surface area contributed by atoms with E-state index in [4.69, 9.17) is 16.1 Å². The van der Waals surface area contributed by atoms with Crippen LogP contribution < -0.4 is 11.2 Å². The summed E-state index contributed by atoms with van der Waals surface area (Å²) in [5.74, 6) is -4.79. The lowest BCUT2D eigenvalue weighted by Gasteiger charge is -2.22. The molecular weight excluding hydrogens is 412 g/mol. The predicted octanol–water partition coefficient (Wildman–Crippen LogP) is -1.15. The van der Waals surface area contributed by atoms with Crippen molar-refractivity contribution in [3.05, 3.63) is 32.9 Å². The summed E-state index contributed by atoms with van der Waals surface area (Å²) in [6, 6.07) is 0. The van der Waals surface area contributed by atoms with Gasteiger partial charge < -0.3 is 24.5 Å². The third-order valence-electron chi connectivity index (χ3n) is 2.86. The highest BCUT2D eigenvalue weighted by Crippen LogP contribution is 2.58. The lowest BCUT2D eigenvalue weighted by Crippen LogP contribution is -2.37. The van der Waals surface area contributed by atoms with Crippen molar-refractivity contribution in [1.82, 2.24) is 9.55 Å². The molecule has 1 fully saturated rings. The minimum absolute atomic E-state index is 0.0282. The molecule has 1 saturated heterocycles. The summed E-state index contributed by atoms with van der Waals surface area (Å²) in [6.45, 7) is -1.57. The van der Waals surface area contributed by atoms with Crippen LogP contribution >= 0.6 is 15.6 Å². The fourth-order valence-electron chi connectivity index (χ4n) is 1.92. The molecular formula is C9H12F2N2O11P2. The minimum atomic E-state index is -5.48. The van der Waals surface area contributed by atoms with Crippen molar-refractivity contribution in [1.29, 1.82) is 0 Å². The van der Waals surface area contributed by atoms with Crippen molar-refractivity contribution in [2.24, 2.45) is 0 Å². The van der Waals surface area contributed by atoms with Gasteiger partial charge in [0.15, 0.2) is 6.20 Å². The van der Waals surface area contributed by atoms with Crippen molar-refractivity contribution >= 4 is 15.6 Å².